The molecule has 184 valence electrons. The Morgan fingerprint density at radius 2 is 1.57 bits per heavy atom. The normalized spacial score (nSPS) is 16.5. The number of anilines is 1. The molecule has 0 bridgehead atoms. The zero-order valence-corrected chi connectivity index (χ0v) is 20.8. The second-order valence-corrected chi connectivity index (χ2v) is 10.8. The van der Waals surface area contributed by atoms with Crippen molar-refractivity contribution in [1.82, 2.24) is 4.72 Å². The van der Waals surface area contributed by atoms with E-state index in [1.807, 2.05) is 12.1 Å². The predicted octanol–water partition coefficient (Wildman–Crippen LogP) is 6.95. The van der Waals surface area contributed by atoms with Crippen molar-refractivity contribution < 1.29 is 21.6 Å². The van der Waals surface area contributed by atoms with E-state index in [4.69, 9.17) is 34.8 Å². The summed E-state index contributed by atoms with van der Waals surface area (Å²) in [6.45, 7) is -0.144. The minimum Gasteiger partial charge on any atom is -0.256 e. The van der Waals surface area contributed by atoms with Crippen molar-refractivity contribution in [3.8, 4) is 0 Å². The summed E-state index contributed by atoms with van der Waals surface area (Å²) in [5.41, 5.74) is 1.03. The molecule has 4 rings (SSSR count). The van der Waals surface area contributed by atoms with Gasteiger partial charge in [0.2, 0.25) is 10.0 Å². The number of hydrogen-bond acceptors (Lipinski definition) is 4. The SMILES string of the molecule is O=S(=O)(NCC1=NN(c2ccc(Cl)cc2Cl)C(c2ccc(Cl)cc2)C1)c1ccc(C(F)(F)F)cc1. The standard InChI is InChI=1S/C23H17Cl3F3N3O2S/c24-16-5-1-14(2-6-16)22-12-18(31-32(22)21-10-7-17(25)11-20(21)26)13-30-35(33,34)19-8-3-15(4-9-19)23(27,28)29/h1-11,22,30H,12-13H2. The lowest BCUT2D eigenvalue weighted by Gasteiger charge is -2.25. The summed E-state index contributed by atoms with van der Waals surface area (Å²) in [5.74, 6) is 0. The molecule has 1 aliphatic heterocycles. The highest BCUT2D eigenvalue weighted by atomic mass is 35.5. The van der Waals surface area contributed by atoms with Crippen LogP contribution in [0.2, 0.25) is 15.1 Å². The third kappa shape index (κ3) is 5.92. The van der Waals surface area contributed by atoms with Gasteiger partial charge in [0.15, 0.2) is 0 Å². The molecule has 1 atom stereocenters. The summed E-state index contributed by atoms with van der Waals surface area (Å²) in [4.78, 5) is -0.282. The molecule has 1 N–H and O–H groups in total. The van der Waals surface area contributed by atoms with E-state index in [1.54, 1.807) is 35.3 Å². The van der Waals surface area contributed by atoms with Crippen molar-refractivity contribution in [2.75, 3.05) is 11.6 Å². The second-order valence-electron chi connectivity index (χ2n) is 7.72. The smallest absolute Gasteiger partial charge is 0.256 e. The topological polar surface area (TPSA) is 61.8 Å². The Bertz CT molecular complexity index is 1360. The fourth-order valence-electron chi connectivity index (χ4n) is 3.60. The van der Waals surface area contributed by atoms with Crippen molar-refractivity contribution >= 4 is 56.2 Å². The van der Waals surface area contributed by atoms with Crippen molar-refractivity contribution in [1.29, 1.82) is 0 Å². The largest absolute Gasteiger partial charge is 0.416 e. The van der Waals surface area contributed by atoms with Crippen LogP contribution in [0, 0.1) is 0 Å². The molecule has 1 heterocycles. The van der Waals surface area contributed by atoms with Gasteiger partial charge >= 0.3 is 6.18 Å². The van der Waals surface area contributed by atoms with Gasteiger partial charge in [0, 0.05) is 16.5 Å². The first-order chi connectivity index (χ1) is 16.4. The van der Waals surface area contributed by atoms with E-state index >= 15 is 0 Å². The summed E-state index contributed by atoms with van der Waals surface area (Å²) in [6, 6.07) is 15.1. The highest BCUT2D eigenvalue weighted by Crippen LogP contribution is 2.40. The number of nitrogens with zero attached hydrogens (tertiary/aromatic N) is 2. The molecule has 1 unspecified atom stereocenters. The number of nitrogens with one attached hydrogen (secondary N) is 1. The van der Waals surface area contributed by atoms with E-state index in [2.05, 4.69) is 9.82 Å². The van der Waals surface area contributed by atoms with Gasteiger partial charge in [-0.3, -0.25) is 5.01 Å². The number of halogens is 6. The average molecular weight is 563 g/mol. The van der Waals surface area contributed by atoms with Crippen LogP contribution < -0.4 is 9.73 Å². The summed E-state index contributed by atoms with van der Waals surface area (Å²) in [5, 5.41) is 7.65. The average Bonchev–Trinajstić information content (AvgIpc) is 3.22. The fourth-order valence-corrected chi connectivity index (χ4v) is 5.24. The minimum absolute atomic E-state index is 0.144. The molecule has 0 saturated heterocycles. The van der Waals surface area contributed by atoms with Crippen LogP contribution in [-0.2, 0) is 16.2 Å². The van der Waals surface area contributed by atoms with Gasteiger partial charge in [0.25, 0.3) is 0 Å². The van der Waals surface area contributed by atoms with Crippen molar-refractivity contribution in [3.05, 3.63) is 92.9 Å². The Morgan fingerprint density at radius 1 is 0.943 bits per heavy atom. The number of hydrogen-bond donors (Lipinski definition) is 1. The number of sulfonamides is 1. The van der Waals surface area contributed by atoms with E-state index in [0.717, 1.165) is 29.8 Å². The summed E-state index contributed by atoms with van der Waals surface area (Å²) >= 11 is 18.4. The highest BCUT2D eigenvalue weighted by Gasteiger charge is 2.32. The highest BCUT2D eigenvalue weighted by molar-refractivity contribution is 7.89. The Morgan fingerprint density at radius 3 is 2.17 bits per heavy atom. The zero-order valence-electron chi connectivity index (χ0n) is 17.7. The molecule has 0 spiro atoms. The first kappa shape index (κ1) is 25.8. The molecule has 0 radical (unpaired) electrons. The molecule has 0 aliphatic carbocycles. The Labute approximate surface area is 215 Å². The lowest BCUT2D eigenvalue weighted by molar-refractivity contribution is -0.137. The number of hydrazone groups is 1. The van der Waals surface area contributed by atoms with Crippen molar-refractivity contribution in [2.45, 2.75) is 23.5 Å². The maximum absolute atomic E-state index is 12.8. The summed E-state index contributed by atoms with van der Waals surface area (Å²) in [6.07, 6.45) is -4.19. The van der Waals surface area contributed by atoms with Gasteiger partial charge in [-0.15, -0.1) is 0 Å². The first-order valence-corrected chi connectivity index (χ1v) is 12.8. The minimum atomic E-state index is -4.56. The molecule has 5 nitrogen and oxygen atoms in total. The molecule has 3 aromatic rings. The van der Waals surface area contributed by atoms with Crippen LogP contribution in [-0.4, -0.2) is 20.7 Å². The summed E-state index contributed by atoms with van der Waals surface area (Å²) < 4.78 is 66.1. The molecule has 0 saturated carbocycles. The van der Waals surface area contributed by atoms with Crippen molar-refractivity contribution in [2.24, 2.45) is 5.10 Å². The Balaban J connectivity index is 1.57. The van der Waals surface area contributed by atoms with E-state index in [1.165, 1.54) is 0 Å². The predicted molar refractivity (Wildman–Crippen MR) is 132 cm³/mol. The van der Waals surface area contributed by atoms with Crippen molar-refractivity contribution in [3.63, 3.8) is 0 Å². The fraction of sp³-hybridized carbons (Fsp3) is 0.174. The van der Waals surface area contributed by atoms with Crippen LogP contribution in [0.1, 0.15) is 23.6 Å². The van der Waals surface area contributed by atoms with E-state index in [9.17, 15) is 21.6 Å². The number of benzene rings is 3. The first-order valence-electron chi connectivity index (χ1n) is 10.2. The third-order valence-electron chi connectivity index (χ3n) is 5.34. The van der Waals surface area contributed by atoms with E-state index < -0.39 is 21.8 Å². The van der Waals surface area contributed by atoms with Gasteiger partial charge < -0.3 is 0 Å². The van der Waals surface area contributed by atoms with Gasteiger partial charge in [-0.1, -0.05) is 46.9 Å². The monoisotopic (exact) mass is 561 g/mol. The van der Waals surface area contributed by atoms with Gasteiger partial charge in [0.1, 0.15) is 0 Å². The van der Waals surface area contributed by atoms with Crippen LogP contribution in [0.4, 0.5) is 18.9 Å². The molecule has 0 amide bonds. The summed E-state index contributed by atoms with van der Waals surface area (Å²) in [7, 11) is -4.07. The molecule has 1 aliphatic rings. The maximum atomic E-state index is 12.8. The van der Waals surface area contributed by atoms with E-state index in [-0.39, 0.29) is 17.5 Å². The Kier molecular flexibility index (Phi) is 7.36. The third-order valence-corrected chi connectivity index (χ3v) is 7.55. The van der Waals surface area contributed by atoms with E-state index in [0.29, 0.717) is 32.9 Å². The van der Waals surface area contributed by atoms with Crippen LogP contribution in [0.15, 0.2) is 76.7 Å². The molecule has 3 aromatic carbocycles. The van der Waals surface area contributed by atoms with Gasteiger partial charge in [-0.25, -0.2) is 13.1 Å². The maximum Gasteiger partial charge on any atom is 0.416 e. The molecule has 0 fully saturated rings. The van der Waals surface area contributed by atoms with Crippen LogP contribution >= 0.6 is 34.8 Å². The van der Waals surface area contributed by atoms with Crippen LogP contribution in [0.25, 0.3) is 0 Å². The second kappa shape index (κ2) is 9.99. The molecule has 35 heavy (non-hydrogen) atoms. The lowest BCUT2D eigenvalue weighted by Crippen LogP contribution is -2.29. The Hall–Kier alpha value is -2.30. The van der Waals surface area contributed by atoms with Gasteiger partial charge in [0.05, 0.1) is 39.5 Å². The van der Waals surface area contributed by atoms with Crippen LogP contribution in [0.3, 0.4) is 0 Å². The zero-order chi connectivity index (χ0) is 25.4. The number of alkyl halides is 3. The van der Waals surface area contributed by atoms with Crippen LogP contribution in [0.5, 0.6) is 0 Å². The van der Waals surface area contributed by atoms with Gasteiger partial charge in [-0.05, 0) is 60.2 Å². The molecule has 12 heteroatoms. The molecule has 0 aromatic heterocycles. The quantitative estimate of drug-likeness (QED) is 0.354. The van der Waals surface area contributed by atoms with Gasteiger partial charge in [-0.2, -0.15) is 18.3 Å². The molecular formula is C23H17Cl3F3N3O2S. The lowest BCUT2D eigenvalue weighted by atomic mass is 10.0. The molecular weight excluding hydrogens is 546 g/mol. The number of rotatable bonds is 6.